The van der Waals surface area contributed by atoms with Crippen molar-refractivity contribution in [2.45, 2.75) is 12.4 Å². The fraction of sp³-hybridized carbons (Fsp3) is 0.333. The Hall–Kier alpha value is -0.980. The quantitative estimate of drug-likeness (QED) is 0.871. The van der Waals surface area contributed by atoms with Gasteiger partial charge in [-0.3, -0.25) is 0 Å². The van der Waals surface area contributed by atoms with Crippen LogP contribution < -0.4 is 10.5 Å². The highest BCUT2D eigenvalue weighted by Gasteiger charge is 2.30. The number of alkyl halides is 3. The van der Waals surface area contributed by atoms with Crippen LogP contribution in [0.25, 0.3) is 0 Å². The smallest absolute Gasteiger partial charge is 0.406 e. The van der Waals surface area contributed by atoms with Crippen LogP contribution in [0.3, 0.4) is 0 Å². The minimum absolute atomic E-state index is 0. The molecule has 0 saturated carbocycles. The zero-order chi connectivity index (χ0) is 11.5. The molecule has 3 N–H and O–H groups in total. The van der Waals surface area contributed by atoms with Crippen molar-refractivity contribution >= 4 is 12.4 Å². The Morgan fingerprint density at radius 2 is 1.75 bits per heavy atom. The van der Waals surface area contributed by atoms with Gasteiger partial charge in [0.15, 0.2) is 0 Å². The number of nitrogens with two attached hydrogens (primary N) is 1. The first-order chi connectivity index (χ1) is 6.92. The highest BCUT2D eigenvalue weighted by Crippen LogP contribution is 2.23. The molecule has 0 radical (unpaired) electrons. The molecule has 0 aliphatic heterocycles. The first kappa shape index (κ1) is 15.0. The lowest BCUT2D eigenvalue weighted by molar-refractivity contribution is -0.274. The van der Waals surface area contributed by atoms with Gasteiger partial charge in [0.25, 0.3) is 0 Å². The van der Waals surface area contributed by atoms with Crippen LogP contribution in [0.5, 0.6) is 5.75 Å². The van der Waals surface area contributed by atoms with Gasteiger partial charge in [-0.15, -0.1) is 25.6 Å². The maximum atomic E-state index is 11.8. The fourth-order valence-electron chi connectivity index (χ4n) is 1.02. The molecule has 7 heteroatoms. The van der Waals surface area contributed by atoms with E-state index in [4.69, 9.17) is 10.8 Å². The van der Waals surface area contributed by atoms with E-state index in [1.807, 2.05) is 0 Å². The van der Waals surface area contributed by atoms with Crippen molar-refractivity contribution in [3.63, 3.8) is 0 Å². The van der Waals surface area contributed by atoms with E-state index in [0.717, 1.165) is 12.1 Å². The summed E-state index contributed by atoms with van der Waals surface area (Å²) in [5, 5.41) is 8.71. The molecule has 0 spiro atoms. The zero-order valence-corrected chi connectivity index (χ0v) is 8.89. The minimum atomic E-state index is -4.69. The van der Waals surface area contributed by atoms with E-state index >= 15 is 0 Å². The summed E-state index contributed by atoms with van der Waals surface area (Å²) >= 11 is 0. The number of benzene rings is 1. The highest BCUT2D eigenvalue weighted by atomic mass is 35.5. The Balaban J connectivity index is 0.00000225. The van der Waals surface area contributed by atoms with E-state index in [0.29, 0.717) is 5.56 Å². The summed E-state index contributed by atoms with van der Waals surface area (Å²) in [4.78, 5) is 0. The lowest BCUT2D eigenvalue weighted by Gasteiger charge is -2.11. The molecule has 16 heavy (non-hydrogen) atoms. The predicted molar refractivity (Wildman–Crippen MR) is 54.4 cm³/mol. The van der Waals surface area contributed by atoms with Crippen LogP contribution in [0.1, 0.15) is 11.6 Å². The summed E-state index contributed by atoms with van der Waals surface area (Å²) in [6, 6.07) is 4.46. The standard InChI is InChI=1S/C9H10F3NO2.ClH/c10-9(11,12)15-7-3-1-6(2-4-7)8(13)5-14;/h1-4,8,14H,5,13H2;1H/t8-;/m1./s1. The molecule has 0 fully saturated rings. The maximum absolute atomic E-state index is 11.8. The normalized spacial score (nSPS) is 12.8. The van der Waals surface area contributed by atoms with Crippen LogP contribution in [0.2, 0.25) is 0 Å². The van der Waals surface area contributed by atoms with Crippen LogP contribution in [0.15, 0.2) is 24.3 Å². The number of aliphatic hydroxyl groups excluding tert-OH is 1. The van der Waals surface area contributed by atoms with Crippen molar-refractivity contribution in [3.05, 3.63) is 29.8 Å². The highest BCUT2D eigenvalue weighted by molar-refractivity contribution is 5.85. The Morgan fingerprint density at radius 1 is 1.25 bits per heavy atom. The third kappa shape index (κ3) is 4.69. The van der Waals surface area contributed by atoms with Crippen molar-refractivity contribution in [2.24, 2.45) is 5.73 Å². The average Bonchev–Trinajstić information content (AvgIpc) is 2.15. The minimum Gasteiger partial charge on any atom is -0.406 e. The molecule has 0 aliphatic carbocycles. The van der Waals surface area contributed by atoms with E-state index in [-0.39, 0.29) is 24.8 Å². The number of hydrogen-bond acceptors (Lipinski definition) is 3. The van der Waals surface area contributed by atoms with Crippen molar-refractivity contribution in [2.75, 3.05) is 6.61 Å². The second-order valence-corrected chi connectivity index (χ2v) is 2.91. The van der Waals surface area contributed by atoms with Crippen molar-refractivity contribution in [3.8, 4) is 5.75 Å². The van der Waals surface area contributed by atoms with Crippen LogP contribution in [0, 0.1) is 0 Å². The van der Waals surface area contributed by atoms with Gasteiger partial charge in [0.05, 0.1) is 12.6 Å². The molecule has 92 valence electrons. The molecule has 0 heterocycles. The van der Waals surface area contributed by atoms with Crippen molar-refractivity contribution < 1.29 is 23.0 Å². The predicted octanol–water partition coefficient (Wildman–Crippen LogP) is 2.00. The summed E-state index contributed by atoms with van der Waals surface area (Å²) in [5.41, 5.74) is 6.01. The lowest BCUT2D eigenvalue weighted by Crippen LogP contribution is -2.17. The van der Waals surface area contributed by atoms with E-state index in [2.05, 4.69) is 4.74 Å². The van der Waals surface area contributed by atoms with Gasteiger partial charge in [-0.2, -0.15) is 0 Å². The van der Waals surface area contributed by atoms with Gasteiger partial charge in [0, 0.05) is 0 Å². The average molecular weight is 258 g/mol. The van der Waals surface area contributed by atoms with Crippen molar-refractivity contribution in [1.82, 2.24) is 0 Å². The maximum Gasteiger partial charge on any atom is 0.573 e. The van der Waals surface area contributed by atoms with Crippen LogP contribution in [-0.2, 0) is 0 Å². The van der Waals surface area contributed by atoms with Gasteiger partial charge in [-0.05, 0) is 17.7 Å². The van der Waals surface area contributed by atoms with Gasteiger partial charge in [-0.1, -0.05) is 12.1 Å². The number of rotatable bonds is 3. The summed E-state index contributed by atoms with van der Waals surface area (Å²) in [6.45, 7) is -0.264. The third-order valence-electron chi connectivity index (χ3n) is 1.74. The number of halogens is 4. The number of ether oxygens (including phenoxy) is 1. The molecule has 1 aromatic carbocycles. The molecule has 0 aliphatic rings. The molecule has 0 amide bonds. The largest absolute Gasteiger partial charge is 0.573 e. The molecular formula is C9H11ClF3NO2. The second kappa shape index (κ2) is 5.93. The Bertz CT molecular complexity index is 316. The molecule has 0 saturated heterocycles. The van der Waals surface area contributed by atoms with Gasteiger partial charge in [0.1, 0.15) is 5.75 Å². The molecule has 1 rings (SSSR count). The first-order valence-electron chi connectivity index (χ1n) is 4.14. The SMILES string of the molecule is Cl.N[C@H](CO)c1ccc(OC(F)(F)F)cc1. The second-order valence-electron chi connectivity index (χ2n) is 2.91. The summed E-state index contributed by atoms with van der Waals surface area (Å²) in [6.07, 6.45) is -4.69. The van der Waals surface area contributed by atoms with Crippen LogP contribution in [-0.4, -0.2) is 18.1 Å². The first-order valence-corrected chi connectivity index (χ1v) is 4.14. The van der Waals surface area contributed by atoms with Gasteiger partial charge in [0.2, 0.25) is 0 Å². The summed E-state index contributed by atoms with van der Waals surface area (Å²) < 4.78 is 39.0. The zero-order valence-electron chi connectivity index (χ0n) is 8.07. The Labute approximate surface area is 96.4 Å². The molecule has 3 nitrogen and oxygen atoms in total. The Kier molecular flexibility index (Phi) is 5.57. The van der Waals surface area contributed by atoms with E-state index in [1.54, 1.807) is 0 Å². The Morgan fingerprint density at radius 3 is 2.12 bits per heavy atom. The summed E-state index contributed by atoms with van der Waals surface area (Å²) in [5.74, 6) is -0.309. The molecule has 0 bridgehead atoms. The van der Waals surface area contributed by atoms with E-state index in [1.165, 1.54) is 12.1 Å². The van der Waals surface area contributed by atoms with Crippen LogP contribution >= 0.6 is 12.4 Å². The lowest BCUT2D eigenvalue weighted by atomic mass is 10.1. The van der Waals surface area contributed by atoms with Gasteiger partial charge in [-0.25, -0.2) is 0 Å². The molecule has 0 aromatic heterocycles. The molecular weight excluding hydrogens is 247 g/mol. The summed E-state index contributed by atoms with van der Waals surface area (Å²) in [7, 11) is 0. The monoisotopic (exact) mass is 257 g/mol. The van der Waals surface area contributed by atoms with Crippen LogP contribution in [0.4, 0.5) is 13.2 Å². The van der Waals surface area contributed by atoms with Gasteiger partial charge < -0.3 is 15.6 Å². The van der Waals surface area contributed by atoms with E-state index in [9.17, 15) is 13.2 Å². The molecule has 1 aromatic rings. The third-order valence-corrected chi connectivity index (χ3v) is 1.74. The number of aliphatic hydroxyl groups is 1. The topological polar surface area (TPSA) is 55.5 Å². The number of hydrogen-bond donors (Lipinski definition) is 2. The van der Waals surface area contributed by atoms with E-state index < -0.39 is 12.4 Å². The molecule has 1 atom stereocenters. The van der Waals surface area contributed by atoms with Gasteiger partial charge >= 0.3 is 6.36 Å². The van der Waals surface area contributed by atoms with Crippen molar-refractivity contribution in [1.29, 1.82) is 0 Å². The fourth-order valence-corrected chi connectivity index (χ4v) is 1.02. The molecule has 0 unspecified atom stereocenters.